The first-order valence-electron chi connectivity index (χ1n) is 7.68. The number of ether oxygens (including phenoxy) is 1. The Morgan fingerprint density at radius 2 is 2.16 bits per heavy atom. The molecule has 0 aliphatic carbocycles. The SMILES string of the molecule is COC(C)c1nnc(NC(=O)CCn2cnc3ccccc3c2=O)s1. The van der Waals surface area contributed by atoms with Crippen LogP contribution in [-0.2, 0) is 16.1 Å². The van der Waals surface area contributed by atoms with Crippen molar-refractivity contribution in [3.05, 3.63) is 46.0 Å². The van der Waals surface area contributed by atoms with Crippen LogP contribution in [0.5, 0.6) is 0 Å². The maximum absolute atomic E-state index is 12.4. The summed E-state index contributed by atoms with van der Waals surface area (Å²) in [6.45, 7) is 2.09. The lowest BCUT2D eigenvalue weighted by Crippen LogP contribution is -2.23. The molecule has 25 heavy (non-hydrogen) atoms. The minimum Gasteiger partial charge on any atom is -0.374 e. The second kappa shape index (κ2) is 7.49. The molecule has 3 rings (SSSR count). The summed E-state index contributed by atoms with van der Waals surface area (Å²) >= 11 is 1.26. The molecule has 1 unspecified atom stereocenters. The summed E-state index contributed by atoms with van der Waals surface area (Å²) < 4.78 is 6.59. The van der Waals surface area contributed by atoms with Crippen LogP contribution in [0.2, 0.25) is 0 Å². The Morgan fingerprint density at radius 1 is 1.36 bits per heavy atom. The van der Waals surface area contributed by atoms with Gasteiger partial charge in [0.05, 0.1) is 17.2 Å². The van der Waals surface area contributed by atoms with Crippen molar-refractivity contribution in [1.29, 1.82) is 0 Å². The lowest BCUT2D eigenvalue weighted by atomic mass is 10.2. The normalized spacial score (nSPS) is 12.2. The first-order chi connectivity index (χ1) is 12.1. The van der Waals surface area contributed by atoms with Crippen molar-refractivity contribution in [2.24, 2.45) is 0 Å². The van der Waals surface area contributed by atoms with Crippen molar-refractivity contribution in [2.75, 3.05) is 12.4 Å². The number of para-hydroxylation sites is 1. The van der Waals surface area contributed by atoms with E-state index in [1.54, 1.807) is 25.3 Å². The molecule has 0 spiro atoms. The first kappa shape index (κ1) is 17.2. The maximum atomic E-state index is 12.4. The highest BCUT2D eigenvalue weighted by Crippen LogP contribution is 2.23. The van der Waals surface area contributed by atoms with E-state index in [0.717, 1.165) is 0 Å². The van der Waals surface area contributed by atoms with Gasteiger partial charge in [0.15, 0.2) is 0 Å². The molecule has 130 valence electrons. The molecule has 1 aromatic carbocycles. The highest BCUT2D eigenvalue weighted by Gasteiger charge is 2.13. The largest absolute Gasteiger partial charge is 0.374 e. The molecule has 0 aliphatic heterocycles. The van der Waals surface area contributed by atoms with Gasteiger partial charge >= 0.3 is 0 Å². The van der Waals surface area contributed by atoms with Gasteiger partial charge in [-0.25, -0.2) is 4.98 Å². The van der Waals surface area contributed by atoms with Gasteiger partial charge in [-0.3, -0.25) is 14.2 Å². The second-order valence-corrected chi connectivity index (χ2v) is 6.39. The molecule has 0 aliphatic rings. The fourth-order valence-corrected chi connectivity index (χ4v) is 3.01. The van der Waals surface area contributed by atoms with Crippen LogP contribution < -0.4 is 10.9 Å². The second-order valence-electron chi connectivity index (χ2n) is 5.38. The van der Waals surface area contributed by atoms with Crippen LogP contribution in [0.3, 0.4) is 0 Å². The summed E-state index contributed by atoms with van der Waals surface area (Å²) in [5.74, 6) is -0.243. The van der Waals surface area contributed by atoms with Gasteiger partial charge in [-0.15, -0.1) is 10.2 Å². The Balaban J connectivity index is 1.64. The number of nitrogens with one attached hydrogen (secondary N) is 1. The first-order valence-corrected chi connectivity index (χ1v) is 8.50. The summed E-state index contributed by atoms with van der Waals surface area (Å²) in [5.41, 5.74) is 0.479. The fraction of sp³-hybridized carbons (Fsp3) is 0.312. The zero-order valence-electron chi connectivity index (χ0n) is 13.8. The number of aromatic nitrogens is 4. The molecule has 2 heterocycles. The Labute approximate surface area is 147 Å². The maximum Gasteiger partial charge on any atom is 0.261 e. The summed E-state index contributed by atoms with van der Waals surface area (Å²) in [7, 11) is 1.58. The molecule has 2 aromatic heterocycles. The molecular formula is C16H17N5O3S. The predicted molar refractivity (Wildman–Crippen MR) is 94.6 cm³/mol. The molecule has 1 amide bonds. The van der Waals surface area contributed by atoms with E-state index in [0.29, 0.717) is 21.0 Å². The molecule has 0 saturated heterocycles. The van der Waals surface area contributed by atoms with Gasteiger partial charge in [0, 0.05) is 20.1 Å². The van der Waals surface area contributed by atoms with Crippen LogP contribution in [-0.4, -0.2) is 32.8 Å². The third-order valence-electron chi connectivity index (χ3n) is 3.70. The monoisotopic (exact) mass is 359 g/mol. The fourth-order valence-electron chi connectivity index (χ4n) is 2.22. The molecule has 0 fully saturated rings. The van der Waals surface area contributed by atoms with Crippen molar-refractivity contribution in [1.82, 2.24) is 19.7 Å². The van der Waals surface area contributed by atoms with Gasteiger partial charge in [-0.2, -0.15) is 0 Å². The van der Waals surface area contributed by atoms with E-state index in [9.17, 15) is 9.59 Å². The molecule has 1 atom stereocenters. The van der Waals surface area contributed by atoms with Crippen LogP contribution in [0.15, 0.2) is 35.4 Å². The number of carbonyl (C=O) groups is 1. The minimum atomic E-state index is -0.243. The van der Waals surface area contributed by atoms with E-state index in [1.807, 2.05) is 13.0 Å². The Morgan fingerprint density at radius 3 is 2.96 bits per heavy atom. The van der Waals surface area contributed by atoms with Crippen molar-refractivity contribution in [2.45, 2.75) is 26.0 Å². The number of benzene rings is 1. The summed E-state index contributed by atoms with van der Waals surface area (Å²) in [5, 5.41) is 12.2. The van der Waals surface area contributed by atoms with Crippen molar-refractivity contribution in [3.8, 4) is 0 Å². The highest BCUT2D eigenvalue weighted by atomic mass is 32.1. The molecule has 8 nitrogen and oxygen atoms in total. The number of fused-ring (bicyclic) bond motifs is 1. The molecule has 0 radical (unpaired) electrons. The summed E-state index contributed by atoms with van der Waals surface area (Å²) in [6.07, 6.45) is 1.42. The van der Waals surface area contributed by atoms with Crippen LogP contribution in [0.25, 0.3) is 10.9 Å². The Hall–Kier alpha value is -2.65. The number of hydrogen-bond acceptors (Lipinski definition) is 7. The van der Waals surface area contributed by atoms with Crippen LogP contribution in [0, 0.1) is 0 Å². The molecule has 1 N–H and O–H groups in total. The van der Waals surface area contributed by atoms with Gasteiger partial charge in [0.1, 0.15) is 11.1 Å². The highest BCUT2D eigenvalue weighted by molar-refractivity contribution is 7.15. The lowest BCUT2D eigenvalue weighted by Gasteiger charge is -2.06. The predicted octanol–water partition coefficient (Wildman–Crippen LogP) is 1.98. The van der Waals surface area contributed by atoms with E-state index in [1.165, 1.54) is 22.2 Å². The zero-order valence-corrected chi connectivity index (χ0v) is 14.6. The van der Waals surface area contributed by atoms with Crippen LogP contribution in [0.1, 0.15) is 24.5 Å². The molecule has 0 bridgehead atoms. The Kier molecular flexibility index (Phi) is 5.15. The quantitative estimate of drug-likeness (QED) is 0.722. The number of methoxy groups -OCH3 is 1. The number of amides is 1. The average Bonchev–Trinajstić information content (AvgIpc) is 3.09. The third-order valence-corrected chi connectivity index (χ3v) is 4.70. The third kappa shape index (κ3) is 3.89. The number of hydrogen-bond donors (Lipinski definition) is 1. The molecule has 0 saturated carbocycles. The number of aryl methyl sites for hydroxylation is 1. The molecule has 9 heteroatoms. The summed E-state index contributed by atoms with van der Waals surface area (Å²) in [6, 6.07) is 7.12. The minimum absolute atomic E-state index is 0.134. The number of carbonyl (C=O) groups excluding carboxylic acids is 1. The number of anilines is 1. The van der Waals surface area contributed by atoms with Gasteiger partial charge in [-0.1, -0.05) is 23.5 Å². The van der Waals surface area contributed by atoms with Gasteiger partial charge < -0.3 is 10.1 Å². The Bertz CT molecular complexity index is 952. The van der Waals surface area contributed by atoms with Gasteiger partial charge in [0.25, 0.3) is 5.56 Å². The van der Waals surface area contributed by atoms with E-state index in [2.05, 4.69) is 20.5 Å². The summed E-state index contributed by atoms with van der Waals surface area (Å²) in [4.78, 5) is 28.7. The van der Waals surface area contributed by atoms with Gasteiger partial charge in [0.2, 0.25) is 11.0 Å². The van der Waals surface area contributed by atoms with E-state index < -0.39 is 0 Å². The van der Waals surface area contributed by atoms with Crippen molar-refractivity contribution in [3.63, 3.8) is 0 Å². The van der Waals surface area contributed by atoms with E-state index >= 15 is 0 Å². The smallest absolute Gasteiger partial charge is 0.261 e. The lowest BCUT2D eigenvalue weighted by molar-refractivity contribution is -0.116. The number of rotatable bonds is 6. The topological polar surface area (TPSA) is 99.0 Å². The number of nitrogens with zero attached hydrogens (tertiary/aromatic N) is 4. The molecular weight excluding hydrogens is 342 g/mol. The average molecular weight is 359 g/mol. The van der Waals surface area contributed by atoms with E-state index in [-0.39, 0.29) is 30.5 Å². The zero-order chi connectivity index (χ0) is 17.8. The van der Waals surface area contributed by atoms with Crippen LogP contribution in [0.4, 0.5) is 5.13 Å². The molecule has 3 aromatic rings. The van der Waals surface area contributed by atoms with Gasteiger partial charge in [-0.05, 0) is 19.1 Å². The van der Waals surface area contributed by atoms with Crippen LogP contribution >= 0.6 is 11.3 Å². The standard InChI is InChI=1S/C16H17N5O3S/c1-10(24-2)14-19-20-16(25-14)18-13(22)7-8-21-9-17-12-6-4-3-5-11(12)15(21)23/h3-6,9-10H,7-8H2,1-2H3,(H,18,20,22). The van der Waals surface area contributed by atoms with Crippen molar-refractivity contribution >= 4 is 33.3 Å². The van der Waals surface area contributed by atoms with E-state index in [4.69, 9.17) is 4.74 Å². The van der Waals surface area contributed by atoms with Crippen molar-refractivity contribution < 1.29 is 9.53 Å².